The molecule has 1 unspecified atom stereocenters. The highest BCUT2D eigenvalue weighted by molar-refractivity contribution is 7.82. The first-order chi connectivity index (χ1) is 12.9. The lowest BCUT2D eigenvalue weighted by atomic mass is 9.83. The Labute approximate surface area is 164 Å². The minimum absolute atomic E-state index is 0.0530. The monoisotopic (exact) mass is 408 g/mol. The molecule has 2 aromatic rings. The number of hydrogen-bond acceptors (Lipinski definition) is 4. The van der Waals surface area contributed by atoms with Crippen molar-refractivity contribution >= 4 is 22.6 Å². The molecule has 142 valence electrons. The second kappa shape index (κ2) is 7.95. The first kappa shape index (κ1) is 19.8. The van der Waals surface area contributed by atoms with Gasteiger partial charge in [-0.2, -0.15) is 5.26 Å². The molecule has 1 fully saturated rings. The van der Waals surface area contributed by atoms with Gasteiger partial charge in [-0.3, -0.25) is 0 Å². The third kappa shape index (κ3) is 4.14. The van der Waals surface area contributed by atoms with Crippen LogP contribution >= 0.6 is 11.6 Å². The Morgan fingerprint density at radius 2 is 2.11 bits per heavy atom. The van der Waals surface area contributed by atoms with Crippen molar-refractivity contribution in [2.45, 2.75) is 11.8 Å². The van der Waals surface area contributed by atoms with Crippen LogP contribution in [0.3, 0.4) is 0 Å². The third-order valence-electron chi connectivity index (χ3n) is 4.52. The van der Waals surface area contributed by atoms with Crippen LogP contribution in [-0.4, -0.2) is 39.9 Å². The summed E-state index contributed by atoms with van der Waals surface area (Å²) in [5.41, 5.74) is 0.217. The number of rotatable bonds is 6. The molecular weight excluding hydrogens is 391 g/mol. The van der Waals surface area contributed by atoms with Crippen LogP contribution in [0.2, 0.25) is 5.02 Å². The number of aliphatic hydroxyl groups excluding tert-OH is 1. The van der Waals surface area contributed by atoms with Gasteiger partial charge in [0.15, 0.2) is 0 Å². The molecule has 8 heteroatoms. The molecule has 0 aliphatic carbocycles. The fraction of sp³-hybridized carbons (Fsp3) is 0.316. The minimum Gasteiger partial charge on any atom is -0.493 e. The molecule has 0 radical (unpaired) electrons. The molecule has 1 aliphatic rings. The fourth-order valence-electron chi connectivity index (χ4n) is 2.92. The largest absolute Gasteiger partial charge is 0.493 e. The molecule has 1 heterocycles. The maximum atomic E-state index is 13.7. The molecule has 0 aromatic heterocycles. The lowest BCUT2D eigenvalue weighted by Gasteiger charge is -2.47. The molecule has 5 nitrogen and oxygen atoms in total. The molecule has 27 heavy (non-hydrogen) atoms. The van der Waals surface area contributed by atoms with Crippen LogP contribution in [0.4, 0.5) is 4.39 Å². The van der Waals surface area contributed by atoms with E-state index in [9.17, 15) is 13.7 Å². The van der Waals surface area contributed by atoms with E-state index in [0.29, 0.717) is 23.0 Å². The van der Waals surface area contributed by atoms with Crippen LogP contribution in [-0.2, 0) is 11.0 Å². The second-order valence-corrected chi connectivity index (χ2v) is 8.55. The number of nitriles is 1. The number of halogens is 2. The highest BCUT2D eigenvalue weighted by Crippen LogP contribution is 2.34. The minimum atomic E-state index is -1.35. The van der Waals surface area contributed by atoms with Gasteiger partial charge in [0.05, 0.1) is 29.1 Å². The fourth-order valence-corrected chi connectivity index (χ4v) is 4.72. The highest BCUT2D eigenvalue weighted by Gasteiger charge is 2.46. The van der Waals surface area contributed by atoms with E-state index in [4.69, 9.17) is 21.6 Å². The first-order valence-electron chi connectivity index (χ1n) is 8.24. The van der Waals surface area contributed by atoms with E-state index in [1.54, 1.807) is 28.6 Å². The van der Waals surface area contributed by atoms with Crippen LogP contribution in [0.1, 0.15) is 11.1 Å². The molecule has 1 aliphatic heterocycles. The second-order valence-electron chi connectivity index (χ2n) is 6.66. The van der Waals surface area contributed by atoms with Gasteiger partial charge >= 0.3 is 0 Å². The van der Waals surface area contributed by atoms with Crippen molar-refractivity contribution in [3.63, 3.8) is 0 Å². The van der Waals surface area contributed by atoms with Gasteiger partial charge < -0.3 is 9.84 Å². The maximum Gasteiger partial charge on any atom is 0.144 e. The molecule has 0 spiro atoms. The predicted molar refractivity (Wildman–Crippen MR) is 100 cm³/mol. The molecule has 0 saturated carbocycles. The number of aliphatic hydroxyl groups is 1. The summed E-state index contributed by atoms with van der Waals surface area (Å²) in [6.07, 6.45) is 0. The van der Waals surface area contributed by atoms with Crippen molar-refractivity contribution < 1.29 is 18.4 Å². The Balaban J connectivity index is 1.63. The number of nitrogens with zero attached hydrogens (tertiary/aromatic N) is 2. The molecule has 1 atom stereocenters. The van der Waals surface area contributed by atoms with Gasteiger partial charge in [-0.1, -0.05) is 11.6 Å². The summed E-state index contributed by atoms with van der Waals surface area (Å²) in [5.74, 6) is -0.366. The van der Waals surface area contributed by atoms with E-state index >= 15 is 0 Å². The molecule has 2 aromatic carbocycles. The summed E-state index contributed by atoms with van der Waals surface area (Å²) in [7, 11) is -1.35. The van der Waals surface area contributed by atoms with Crippen LogP contribution in [0, 0.1) is 29.5 Å². The van der Waals surface area contributed by atoms with Crippen molar-refractivity contribution in [2.24, 2.45) is 5.41 Å². The number of benzene rings is 2. The van der Waals surface area contributed by atoms with Gasteiger partial charge in [-0.25, -0.2) is 12.9 Å². The van der Waals surface area contributed by atoms with Crippen molar-refractivity contribution in [1.82, 2.24) is 4.31 Å². The van der Waals surface area contributed by atoms with Crippen LogP contribution in [0.15, 0.2) is 41.3 Å². The Bertz CT molecular complexity index is 926. The van der Waals surface area contributed by atoms with Crippen molar-refractivity contribution in [3.05, 3.63) is 58.4 Å². The zero-order valence-electron chi connectivity index (χ0n) is 14.6. The van der Waals surface area contributed by atoms with Gasteiger partial charge in [0.2, 0.25) is 0 Å². The van der Waals surface area contributed by atoms with Crippen LogP contribution in [0.5, 0.6) is 5.75 Å². The van der Waals surface area contributed by atoms with Gasteiger partial charge in [0, 0.05) is 24.2 Å². The average Bonchev–Trinajstić information content (AvgIpc) is 2.61. The van der Waals surface area contributed by atoms with E-state index in [-0.39, 0.29) is 24.5 Å². The van der Waals surface area contributed by atoms with Crippen LogP contribution < -0.4 is 4.74 Å². The standard InChI is InChI=1S/C19H18ClFN2O3S/c1-13-6-15(20)3-5-18(13)27(25)23-9-19(10-23,11-24)12-26-16-4-2-14(8-22)17(21)7-16/h2-7,24H,9-12H2,1H3. The molecular formula is C19H18ClFN2O3S. The summed E-state index contributed by atoms with van der Waals surface area (Å²) in [6.45, 7) is 2.63. The maximum absolute atomic E-state index is 13.7. The van der Waals surface area contributed by atoms with E-state index in [2.05, 4.69) is 0 Å². The summed E-state index contributed by atoms with van der Waals surface area (Å²) < 4.78 is 33.8. The highest BCUT2D eigenvalue weighted by atomic mass is 35.5. The topological polar surface area (TPSA) is 73.6 Å². The molecule has 1 N–H and O–H groups in total. The molecule has 0 bridgehead atoms. The van der Waals surface area contributed by atoms with Gasteiger partial charge in [-0.15, -0.1) is 0 Å². The SMILES string of the molecule is Cc1cc(Cl)ccc1S(=O)N1CC(CO)(COc2ccc(C#N)c(F)c2)C1. The zero-order chi connectivity index (χ0) is 19.6. The smallest absolute Gasteiger partial charge is 0.144 e. The van der Waals surface area contributed by atoms with E-state index in [0.717, 1.165) is 11.6 Å². The number of ether oxygens (including phenoxy) is 1. The summed E-state index contributed by atoms with van der Waals surface area (Å²) >= 11 is 5.94. The van der Waals surface area contributed by atoms with Crippen molar-refractivity contribution in [3.8, 4) is 11.8 Å². The summed E-state index contributed by atoms with van der Waals surface area (Å²) in [4.78, 5) is 0.682. The van der Waals surface area contributed by atoms with Crippen LogP contribution in [0.25, 0.3) is 0 Å². The lowest BCUT2D eigenvalue weighted by Crippen LogP contribution is -2.61. The normalized spacial score (nSPS) is 17.0. The first-order valence-corrected chi connectivity index (χ1v) is 9.72. The summed E-state index contributed by atoms with van der Waals surface area (Å²) in [6, 6.07) is 11.0. The molecule has 1 saturated heterocycles. The number of hydrogen-bond donors (Lipinski definition) is 1. The Morgan fingerprint density at radius 1 is 1.37 bits per heavy atom. The lowest BCUT2D eigenvalue weighted by molar-refractivity contribution is -0.0250. The van der Waals surface area contributed by atoms with E-state index in [1.807, 2.05) is 6.92 Å². The van der Waals surface area contributed by atoms with E-state index in [1.165, 1.54) is 12.1 Å². The Morgan fingerprint density at radius 3 is 2.70 bits per heavy atom. The van der Waals surface area contributed by atoms with Crippen molar-refractivity contribution in [1.29, 1.82) is 5.26 Å². The molecule has 3 rings (SSSR count). The average molecular weight is 409 g/mol. The molecule has 0 amide bonds. The Kier molecular flexibility index (Phi) is 5.82. The zero-order valence-corrected chi connectivity index (χ0v) is 16.2. The van der Waals surface area contributed by atoms with Gasteiger partial charge in [-0.05, 0) is 42.8 Å². The van der Waals surface area contributed by atoms with Gasteiger partial charge in [0.1, 0.15) is 28.6 Å². The van der Waals surface area contributed by atoms with Crippen molar-refractivity contribution in [2.75, 3.05) is 26.3 Å². The third-order valence-corrected chi connectivity index (χ3v) is 6.32. The number of aryl methyl sites for hydroxylation is 1. The predicted octanol–water partition coefficient (Wildman–Crippen LogP) is 3.06. The van der Waals surface area contributed by atoms with Gasteiger partial charge in [0.25, 0.3) is 0 Å². The summed E-state index contributed by atoms with van der Waals surface area (Å²) in [5, 5.41) is 19.1. The Hall–Kier alpha value is -1.98. The van der Waals surface area contributed by atoms with E-state index < -0.39 is 22.2 Å². The quantitative estimate of drug-likeness (QED) is 0.797.